The van der Waals surface area contributed by atoms with Crippen LogP contribution in [0.3, 0.4) is 0 Å². The Labute approximate surface area is 103 Å². The van der Waals surface area contributed by atoms with Gasteiger partial charge >= 0.3 is 11.9 Å². The smallest absolute Gasteiger partial charge is 0.317 e. The molecule has 0 amide bonds. The van der Waals surface area contributed by atoms with Crippen molar-refractivity contribution in [2.24, 2.45) is 17.8 Å². The zero-order valence-corrected chi connectivity index (χ0v) is 10.5. The lowest BCUT2D eigenvalue weighted by Crippen LogP contribution is -2.13. The number of allylic oxidation sites excluding steroid dienone is 3. The molecule has 17 heavy (non-hydrogen) atoms. The van der Waals surface area contributed by atoms with Crippen molar-refractivity contribution < 1.29 is 14.3 Å². The van der Waals surface area contributed by atoms with Gasteiger partial charge in [0.15, 0.2) is 0 Å². The number of cyclic esters (lactones) is 2. The minimum absolute atomic E-state index is 0.296. The molecule has 0 aromatic heterocycles. The normalized spacial score (nSPS) is 26.2. The Morgan fingerprint density at radius 2 is 2.06 bits per heavy atom. The van der Waals surface area contributed by atoms with Gasteiger partial charge in [-0.25, -0.2) is 0 Å². The van der Waals surface area contributed by atoms with Crippen LogP contribution in [0.25, 0.3) is 0 Å². The van der Waals surface area contributed by atoms with Gasteiger partial charge in [-0.3, -0.25) is 9.59 Å². The molecule has 1 fully saturated rings. The topological polar surface area (TPSA) is 43.4 Å². The maximum Gasteiger partial charge on any atom is 0.317 e. The van der Waals surface area contributed by atoms with Crippen LogP contribution in [0.2, 0.25) is 0 Å². The first-order valence-electron chi connectivity index (χ1n) is 6.09. The fraction of sp³-hybridized carbons (Fsp3) is 0.571. The molecule has 1 saturated heterocycles. The maximum absolute atomic E-state index is 11.3. The molecule has 1 aliphatic heterocycles. The lowest BCUT2D eigenvalue weighted by Gasteiger charge is -2.05. The Hall–Kier alpha value is -1.38. The van der Waals surface area contributed by atoms with Gasteiger partial charge in [0.1, 0.15) is 0 Å². The van der Waals surface area contributed by atoms with E-state index < -0.39 is 5.97 Å². The predicted molar refractivity (Wildman–Crippen MR) is 66.1 cm³/mol. The largest absolute Gasteiger partial charge is 0.393 e. The molecule has 3 unspecified atom stereocenters. The van der Waals surface area contributed by atoms with Crippen molar-refractivity contribution in [1.82, 2.24) is 0 Å². The van der Waals surface area contributed by atoms with Crippen molar-refractivity contribution in [2.75, 3.05) is 0 Å². The van der Waals surface area contributed by atoms with Gasteiger partial charge in [-0.2, -0.15) is 0 Å². The SMILES string of the molecule is C=CC(C)CC/C=C/CC1C(=O)OC(=O)C1C. The van der Waals surface area contributed by atoms with Crippen molar-refractivity contribution in [3.05, 3.63) is 24.8 Å². The van der Waals surface area contributed by atoms with Crippen LogP contribution in [0, 0.1) is 17.8 Å². The van der Waals surface area contributed by atoms with Crippen LogP contribution < -0.4 is 0 Å². The van der Waals surface area contributed by atoms with E-state index in [-0.39, 0.29) is 17.8 Å². The van der Waals surface area contributed by atoms with Crippen LogP contribution in [0.1, 0.15) is 33.1 Å². The van der Waals surface area contributed by atoms with Crippen molar-refractivity contribution in [2.45, 2.75) is 33.1 Å². The summed E-state index contributed by atoms with van der Waals surface area (Å²) in [7, 11) is 0. The molecule has 94 valence electrons. The fourth-order valence-electron chi connectivity index (χ4n) is 1.77. The molecule has 0 aliphatic carbocycles. The summed E-state index contributed by atoms with van der Waals surface area (Å²) < 4.78 is 4.57. The van der Waals surface area contributed by atoms with E-state index in [1.807, 2.05) is 12.2 Å². The van der Waals surface area contributed by atoms with Gasteiger partial charge in [0.05, 0.1) is 11.8 Å². The standard InChI is InChI=1S/C14H20O3/c1-4-10(2)8-6-5-7-9-12-11(3)13(15)17-14(12)16/h4-5,7,10-12H,1,6,8-9H2,2-3H3/b7-5+. The average molecular weight is 236 g/mol. The molecule has 0 saturated carbocycles. The third kappa shape index (κ3) is 3.84. The molecular formula is C14H20O3. The van der Waals surface area contributed by atoms with E-state index >= 15 is 0 Å². The number of rotatable bonds is 6. The van der Waals surface area contributed by atoms with E-state index in [9.17, 15) is 9.59 Å². The zero-order valence-electron chi connectivity index (χ0n) is 10.5. The van der Waals surface area contributed by atoms with E-state index in [2.05, 4.69) is 24.3 Å². The monoisotopic (exact) mass is 236 g/mol. The van der Waals surface area contributed by atoms with Crippen LogP contribution in [0.5, 0.6) is 0 Å². The van der Waals surface area contributed by atoms with Crippen molar-refractivity contribution in [1.29, 1.82) is 0 Å². The summed E-state index contributed by atoms with van der Waals surface area (Å²) in [4.78, 5) is 22.5. The molecule has 0 spiro atoms. The van der Waals surface area contributed by atoms with Gasteiger partial charge < -0.3 is 4.74 Å². The van der Waals surface area contributed by atoms with Gasteiger partial charge in [0, 0.05) is 0 Å². The fourth-order valence-corrected chi connectivity index (χ4v) is 1.77. The highest BCUT2D eigenvalue weighted by Crippen LogP contribution is 2.26. The molecule has 1 heterocycles. The highest BCUT2D eigenvalue weighted by Gasteiger charge is 2.40. The van der Waals surface area contributed by atoms with Gasteiger partial charge in [-0.1, -0.05) is 32.1 Å². The number of ether oxygens (including phenoxy) is 1. The lowest BCUT2D eigenvalue weighted by molar-refractivity contribution is -0.153. The van der Waals surface area contributed by atoms with Crippen LogP contribution in [0.15, 0.2) is 24.8 Å². The minimum atomic E-state index is -0.395. The van der Waals surface area contributed by atoms with Gasteiger partial charge in [-0.05, 0) is 25.2 Å². The number of esters is 2. The molecule has 0 N–H and O–H groups in total. The molecular weight excluding hydrogens is 216 g/mol. The quantitative estimate of drug-likeness (QED) is 0.404. The number of carbonyl (C=O) groups is 2. The highest BCUT2D eigenvalue weighted by molar-refractivity contribution is 5.96. The van der Waals surface area contributed by atoms with Crippen LogP contribution >= 0.6 is 0 Å². The van der Waals surface area contributed by atoms with Crippen LogP contribution in [-0.4, -0.2) is 11.9 Å². The summed E-state index contributed by atoms with van der Waals surface area (Å²) in [6.07, 6.45) is 8.58. The lowest BCUT2D eigenvalue weighted by atomic mass is 9.93. The first-order chi connectivity index (χ1) is 8.06. The zero-order chi connectivity index (χ0) is 12.8. The Kier molecular flexibility index (Phi) is 5.13. The van der Waals surface area contributed by atoms with E-state index in [0.29, 0.717) is 12.3 Å². The summed E-state index contributed by atoms with van der Waals surface area (Å²) in [5.41, 5.74) is 0. The summed E-state index contributed by atoms with van der Waals surface area (Å²) in [5, 5.41) is 0. The Balaban J connectivity index is 2.30. The van der Waals surface area contributed by atoms with Crippen LogP contribution in [-0.2, 0) is 14.3 Å². The molecule has 1 rings (SSSR count). The maximum atomic E-state index is 11.3. The third-order valence-corrected chi connectivity index (χ3v) is 3.23. The van der Waals surface area contributed by atoms with E-state index in [1.54, 1.807) is 6.92 Å². The van der Waals surface area contributed by atoms with Crippen molar-refractivity contribution in [3.63, 3.8) is 0 Å². The number of carbonyl (C=O) groups excluding carboxylic acids is 2. The second-order valence-electron chi connectivity index (χ2n) is 4.63. The molecule has 3 heteroatoms. The summed E-state index contributed by atoms with van der Waals surface area (Å²) in [6, 6.07) is 0. The highest BCUT2D eigenvalue weighted by atomic mass is 16.6. The first kappa shape index (κ1) is 13.7. The Morgan fingerprint density at radius 1 is 1.35 bits per heavy atom. The molecule has 1 aliphatic rings. The van der Waals surface area contributed by atoms with E-state index in [1.165, 1.54) is 0 Å². The summed E-state index contributed by atoms with van der Waals surface area (Å²) >= 11 is 0. The second kappa shape index (κ2) is 6.38. The van der Waals surface area contributed by atoms with E-state index in [0.717, 1.165) is 12.8 Å². The van der Waals surface area contributed by atoms with E-state index in [4.69, 9.17) is 0 Å². The Bertz CT molecular complexity index is 330. The average Bonchev–Trinajstić information content (AvgIpc) is 2.54. The molecule has 0 aromatic rings. The number of hydrogen-bond donors (Lipinski definition) is 0. The Morgan fingerprint density at radius 3 is 2.59 bits per heavy atom. The summed E-state index contributed by atoms with van der Waals surface area (Å²) in [5.74, 6) is -0.869. The molecule has 3 atom stereocenters. The minimum Gasteiger partial charge on any atom is -0.393 e. The predicted octanol–water partition coefficient (Wildman–Crippen LogP) is 2.87. The van der Waals surface area contributed by atoms with Gasteiger partial charge in [0.25, 0.3) is 0 Å². The molecule has 0 radical (unpaired) electrons. The van der Waals surface area contributed by atoms with Crippen LogP contribution in [0.4, 0.5) is 0 Å². The molecule has 3 nitrogen and oxygen atoms in total. The third-order valence-electron chi connectivity index (χ3n) is 3.23. The molecule has 0 aromatic carbocycles. The molecule has 0 bridgehead atoms. The van der Waals surface area contributed by atoms with Gasteiger partial charge in [0.2, 0.25) is 0 Å². The second-order valence-corrected chi connectivity index (χ2v) is 4.63. The van der Waals surface area contributed by atoms with Crippen molar-refractivity contribution >= 4 is 11.9 Å². The van der Waals surface area contributed by atoms with Gasteiger partial charge in [-0.15, -0.1) is 6.58 Å². The van der Waals surface area contributed by atoms with Crippen molar-refractivity contribution in [3.8, 4) is 0 Å². The summed E-state index contributed by atoms with van der Waals surface area (Å²) in [6.45, 7) is 7.59. The number of hydrogen-bond acceptors (Lipinski definition) is 3. The first-order valence-corrected chi connectivity index (χ1v) is 6.09.